The smallest absolute Gasteiger partial charge is 0.244 e. The molecule has 1 aliphatic rings. The molecule has 0 saturated carbocycles. The Morgan fingerprint density at radius 1 is 1.13 bits per heavy atom. The van der Waals surface area contributed by atoms with Crippen LogP contribution >= 0.6 is 11.6 Å². The van der Waals surface area contributed by atoms with Gasteiger partial charge >= 0.3 is 0 Å². The van der Waals surface area contributed by atoms with Gasteiger partial charge in [0.05, 0.1) is 5.02 Å². The lowest BCUT2D eigenvalue weighted by molar-refractivity contribution is 0.174. The second kappa shape index (κ2) is 6.03. The minimum Gasteiger partial charge on any atom is -0.454 e. The van der Waals surface area contributed by atoms with Crippen molar-refractivity contribution >= 4 is 21.6 Å². The second-order valence-electron chi connectivity index (χ2n) is 5.38. The molecule has 0 atom stereocenters. The molecule has 0 spiro atoms. The molecule has 3 rings (SSSR count). The van der Waals surface area contributed by atoms with Crippen LogP contribution in [0.25, 0.3) is 0 Å². The summed E-state index contributed by atoms with van der Waals surface area (Å²) in [6.07, 6.45) is 0. The monoisotopic (exact) mass is 353 g/mol. The van der Waals surface area contributed by atoms with E-state index in [0.29, 0.717) is 11.5 Å². The number of halogens is 1. The van der Waals surface area contributed by atoms with E-state index in [0.717, 1.165) is 11.1 Å². The largest absolute Gasteiger partial charge is 0.454 e. The highest BCUT2D eigenvalue weighted by molar-refractivity contribution is 7.89. The molecule has 0 unspecified atom stereocenters. The predicted octanol–water partition coefficient (Wildman–Crippen LogP) is 3.20. The summed E-state index contributed by atoms with van der Waals surface area (Å²) >= 11 is 6.10. The lowest BCUT2D eigenvalue weighted by atomic mass is 10.2. The van der Waals surface area contributed by atoms with Crippen molar-refractivity contribution in [3.05, 3.63) is 52.5 Å². The van der Waals surface area contributed by atoms with E-state index in [2.05, 4.69) is 0 Å². The van der Waals surface area contributed by atoms with Crippen LogP contribution in [0.5, 0.6) is 11.5 Å². The van der Waals surface area contributed by atoms with Crippen LogP contribution in [0.15, 0.2) is 41.3 Å². The SMILES string of the molecule is Cc1ccc(S(=O)(=O)N(C)Cc2ccc3c(c2)OCO3)c(Cl)c1. The van der Waals surface area contributed by atoms with Crippen LogP contribution in [0.1, 0.15) is 11.1 Å². The van der Waals surface area contributed by atoms with Crippen LogP contribution in [0.2, 0.25) is 5.02 Å². The second-order valence-corrected chi connectivity index (χ2v) is 7.80. The summed E-state index contributed by atoms with van der Waals surface area (Å²) in [5.74, 6) is 1.29. The zero-order valence-electron chi connectivity index (χ0n) is 12.7. The van der Waals surface area contributed by atoms with Gasteiger partial charge in [-0.25, -0.2) is 8.42 Å². The Balaban J connectivity index is 1.85. The number of hydrogen-bond acceptors (Lipinski definition) is 4. The first-order chi connectivity index (χ1) is 10.9. The Kier molecular flexibility index (Phi) is 4.23. The van der Waals surface area contributed by atoms with E-state index in [-0.39, 0.29) is 23.3 Å². The fraction of sp³-hybridized carbons (Fsp3) is 0.250. The van der Waals surface area contributed by atoms with Gasteiger partial charge in [0.15, 0.2) is 11.5 Å². The van der Waals surface area contributed by atoms with Gasteiger partial charge in [-0.05, 0) is 42.3 Å². The molecule has 0 amide bonds. The highest BCUT2D eigenvalue weighted by atomic mass is 35.5. The molecule has 0 N–H and O–H groups in total. The maximum Gasteiger partial charge on any atom is 0.244 e. The Morgan fingerprint density at radius 2 is 1.87 bits per heavy atom. The lowest BCUT2D eigenvalue weighted by Gasteiger charge is -2.18. The molecule has 0 saturated heterocycles. The van der Waals surface area contributed by atoms with Gasteiger partial charge in [-0.15, -0.1) is 0 Å². The molecule has 0 aliphatic carbocycles. The van der Waals surface area contributed by atoms with E-state index >= 15 is 0 Å². The minimum atomic E-state index is -3.67. The van der Waals surface area contributed by atoms with E-state index in [1.54, 1.807) is 24.3 Å². The first-order valence-corrected chi connectivity index (χ1v) is 8.81. The predicted molar refractivity (Wildman–Crippen MR) is 87.4 cm³/mol. The van der Waals surface area contributed by atoms with Crippen molar-refractivity contribution in [2.75, 3.05) is 13.8 Å². The van der Waals surface area contributed by atoms with Crippen LogP contribution in [-0.4, -0.2) is 26.6 Å². The third-order valence-corrected chi connectivity index (χ3v) is 5.90. The zero-order valence-corrected chi connectivity index (χ0v) is 14.3. The number of rotatable bonds is 4. The topological polar surface area (TPSA) is 55.8 Å². The Hall–Kier alpha value is -1.76. The lowest BCUT2D eigenvalue weighted by Crippen LogP contribution is -2.26. The number of aryl methyl sites for hydroxylation is 1. The summed E-state index contributed by atoms with van der Waals surface area (Å²) in [5, 5.41) is 0.225. The third kappa shape index (κ3) is 3.15. The molecule has 5 nitrogen and oxygen atoms in total. The summed E-state index contributed by atoms with van der Waals surface area (Å²) in [4.78, 5) is 0.105. The van der Waals surface area contributed by atoms with Gasteiger partial charge in [0.25, 0.3) is 0 Å². The average Bonchev–Trinajstić information content (AvgIpc) is 2.94. The molecule has 0 fully saturated rings. The Labute approximate surface area is 140 Å². The minimum absolute atomic E-state index is 0.105. The summed E-state index contributed by atoms with van der Waals surface area (Å²) in [7, 11) is -2.15. The van der Waals surface area contributed by atoms with Gasteiger partial charge in [0.2, 0.25) is 16.8 Å². The number of nitrogens with zero attached hydrogens (tertiary/aromatic N) is 1. The van der Waals surface area contributed by atoms with Crippen molar-refractivity contribution in [1.29, 1.82) is 0 Å². The first-order valence-electron chi connectivity index (χ1n) is 6.99. The van der Waals surface area contributed by atoms with Gasteiger partial charge in [-0.2, -0.15) is 4.31 Å². The maximum atomic E-state index is 12.7. The van der Waals surface area contributed by atoms with Crippen molar-refractivity contribution in [2.45, 2.75) is 18.4 Å². The van der Waals surface area contributed by atoms with Crippen LogP contribution in [0.4, 0.5) is 0 Å². The van der Waals surface area contributed by atoms with E-state index < -0.39 is 10.0 Å². The highest BCUT2D eigenvalue weighted by Gasteiger charge is 2.24. The van der Waals surface area contributed by atoms with Gasteiger partial charge in [0, 0.05) is 13.6 Å². The fourth-order valence-corrected chi connectivity index (χ4v) is 4.09. The summed E-state index contributed by atoms with van der Waals surface area (Å²) in [5.41, 5.74) is 1.72. The highest BCUT2D eigenvalue weighted by Crippen LogP contribution is 2.33. The Morgan fingerprint density at radius 3 is 2.61 bits per heavy atom. The molecule has 1 aliphatic heterocycles. The first kappa shape index (κ1) is 16.1. The molecule has 23 heavy (non-hydrogen) atoms. The summed E-state index contributed by atoms with van der Waals surface area (Å²) in [6, 6.07) is 10.3. The summed E-state index contributed by atoms with van der Waals surface area (Å²) in [6.45, 7) is 2.26. The van der Waals surface area contributed by atoms with Crippen LogP contribution in [-0.2, 0) is 16.6 Å². The van der Waals surface area contributed by atoms with E-state index in [1.807, 2.05) is 13.0 Å². The number of ether oxygens (including phenoxy) is 2. The standard InChI is InChI=1S/C16H16ClNO4S/c1-11-3-6-16(13(17)7-11)23(19,20)18(2)9-12-4-5-14-15(8-12)22-10-21-14/h3-8H,9-10H2,1-2H3. The average molecular weight is 354 g/mol. The van der Waals surface area contributed by atoms with Crippen LogP contribution in [0, 0.1) is 6.92 Å². The molecule has 0 bridgehead atoms. The number of benzene rings is 2. The number of fused-ring (bicyclic) bond motifs is 1. The van der Waals surface area contributed by atoms with Crippen LogP contribution in [0.3, 0.4) is 0 Å². The molecule has 0 aromatic heterocycles. The normalized spacial score (nSPS) is 13.6. The van der Waals surface area contributed by atoms with Crippen LogP contribution < -0.4 is 9.47 Å². The molecule has 2 aromatic rings. The molecule has 0 radical (unpaired) electrons. The van der Waals surface area contributed by atoms with E-state index in [1.165, 1.54) is 17.4 Å². The van der Waals surface area contributed by atoms with E-state index in [9.17, 15) is 8.42 Å². The molecule has 7 heteroatoms. The van der Waals surface area contributed by atoms with Gasteiger partial charge in [-0.3, -0.25) is 0 Å². The molecule has 2 aromatic carbocycles. The molecular weight excluding hydrogens is 338 g/mol. The van der Waals surface area contributed by atoms with Crippen molar-refractivity contribution in [2.24, 2.45) is 0 Å². The van der Waals surface area contributed by atoms with Crippen molar-refractivity contribution in [3.63, 3.8) is 0 Å². The molecule has 122 valence electrons. The van der Waals surface area contributed by atoms with Crippen molar-refractivity contribution in [1.82, 2.24) is 4.31 Å². The van der Waals surface area contributed by atoms with Crippen molar-refractivity contribution in [3.8, 4) is 11.5 Å². The van der Waals surface area contributed by atoms with Gasteiger partial charge in [0.1, 0.15) is 4.90 Å². The third-order valence-electron chi connectivity index (χ3n) is 3.62. The van der Waals surface area contributed by atoms with Crippen molar-refractivity contribution < 1.29 is 17.9 Å². The number of sulfonamides is 1. The van der Waals surface area contributed by atoms with Gasteiger partial charge in [-0.1, -0.05) is 23.7 Å². The zero-order chi connectivity index (χ0) is 16.6. The molecular formula is C16H16ClNO4S. The van der Waals surface area contributed by atoms with Gasteiger partial charge < -0.3 is 9.47 Å². The number of hydrogen-bond donors (Lipinski definition) is 0. The quantitative estimate of drug-likeness (QED) is 0.847. The fourth-order valence-electron chi connectivity index (χ4n) is 2.36. The van der Waals surface area contributed by atoms with E-state index in [4.69, 9.17) is 21.1 Å². The maximum absolute atomic E-state index is 12.7. The summed E-state index contributed by atoms with van der Waals surface area (Å²) < 4.78 is 37.2. The Bertz CT molecular complexity index is 851. The molecule has 1 heterocycles.